The summed E-state index contributed by atoms with van der Waals surface area (Å²) in [4.78, 5) is 0. The Morgan fingerprint density at radius 2 is 1.93 bits per heavy atom. The fourth-order valence-corrected chi connectivity index (χ4v) is 1.44. The number of ether oxygens (including phenoxy) is 2. The first-order valence-corrected chi connectivity index (χ1v) is 6.06. The lowest BCUT2D eigenvalue weighted by Crippen LogP contribution is -2.41. The van der Waals surface area contributed by atoms with E-state index in [1.807, 2.05) is 0 Å². The standard InChI is InChI=1S/C11H24N2O2/c12-6-1-3-8-14-9-4-2-7-13-11-5-10-15-11/h11,13H,1-10,12H2. The van der Waals surface area contributed by atoms with E-state index >= 15 is 0 Å². The maximum atomic E-state index is 5.47. The molecule has 3 N–H and O–H groups in total. The largest absolute Gasteiger partial charge is 0.381 e. The third-order valence-electron chi connectivity index (χ3n) is 2.53. The fourth-order valence-electron chi connectivity index (χ4n) is 1.44. The molecular weight excluding hydrogens is 192 g/mol. The van der Waals surface area contributed by atoms with Gasteiger partial charge in [0.1, 0.15) is 6.23 Å². The van der Waals surface area contributed by atoms with Crippen molar-refractivity contribution in [2.45, 2.75) is 38.3 Å². The van der Waals surface area contributed by atoms with Gasteiger partial charge in [-0.25, -0.2) is 0 Å². The molecule has 1 aliphatic rings. The van der Waals surface area contributed by atoms with Crippen molar-refractivity contribution in [2.75, 3.05) is 32.9 Å². The van der Waals surface area contributed by atoms with Gasteiger partial charge in [0, 0.05) is 19.6 Å². The van der Waals surface area contributed by atoms with Crippen molar-refractivity contribution < 1.29 is 9.47 Å². The van der Waals surface area contributed by atoms with E-state index in [4.69, 9.17) is 15.2 Å². The number of unbranched alkanes of at least 4 members (excludes halogenated alkanes) is 2. The molecule has 1 rings (SSSR count). The van der Waals surface area contributed by atoms with Crippen LogP contribution < -0.4 is 11.1 Å². The summed E-state index contributed by atoms with van der Waals surface area (Å²) < 4.78 is 10.7. The van der Waals surface area contributed by atoms with Crippen LogP contribution in [0.1, 0.15) is 32.1 Å². The minimum absolute atomic E-state index is 0.329. The summed E-state index contributed by atoms with van der Waals surface area (Å²) in [6, 6.07) is 0. The van der Waals surface area contributed by atoms with Crippen LogP contribution in [0.4, 0.5) is 0 Å². The fraction of sp³-hybridized carbons (Fsp3) is 1.00. The van der Waals surface area contributed by atoms with E-state index in [9.17, 15) is 0 Å². The summed E-state index contributed by atoms with van der Waals surface area (Å²) in [7, 11) is 0. The van der Waals surface area contributed by atoms with E-state index in [0.717, 1.165) is 65.0 Å². The summed E-state index contributed by atoms with van der Waals surface area (Å²) in [6.07, 6.45) is 5.94. The number of nitrogens with one attached hydrogen (secondary N) is 1. The molecule has 4 nitrogen and oxygen atoms in total. The second-order valence-electron chi connectivity index (χ2n) is 3.92. The molecule has 1 atom stereocenters. The Bertz CT molecular complexity index is 141. The minimum atomic E-state index is 0.329. The Labute approximate surface area is 92.5 Å². The van der Waals surface area contributed by atoms with Crippen molar-refractivity contribution >= 4 is 0 Å². The van der Waals surface area contributed by atoms with E-state index in [-0.39, 0.29) is 0 Å². The molecule has 0 amide bonds. The Morgan fingerprint density at radius 1 is 1.20 bits per heavy atom. The highest BCUT2D eigenvalue weighted by atomic mass is 16.5. The predicted octanol–water partition coefficient (Wildman–Crippen LogP) is 0.858. The van der Waals surface area contributed by atoms with Gasteiger partial charge >= 0.3 is 0 Å². The lowest BCUT2D eigenvalue weighted by molar-refractivity contribution is -0.0705. The van der Waals surface area contributed by atoms with Gasteiger partial charge in [0.15, 0.2) is 0 Å². The van der Waals surface area contributed by atoms with Crippen molar-refractivity contribution in [1.29, 1.82) is 0 Å². The number of hydrogen-bond acceptors (Lipinski definition) is 4. The molecule has 0 aromatic carbocycles. The van der Waals surface area contributed by atoms with Crippen molar-refractivity contribution in [3.05, 3.63) is 0 Å². The molecule has 1 aliphatic heterocycles. The normalized spacial score (nSPS) is 20.2. The maximum absolute atomic E-state index is 5.47. The third-order valence-corrected chi connectivity index (χ3v) is 2.53. The van der Waals surface area contributed by atoms with Crippen LogP contribution in [0.15, 0.2) is 0 Å². The summed E-state index contributed by atoms with van der Waals surface area (Å²) >= 11 is 0. The molecule has 15 heavy (non-hydrogen) atoms. The van der Waals surface area contributed by atoms with Gasteiger partial charge in [-0.2, -0.15) is 0 Å². The first-order chi connectivity index (χ1) is 7.43. The molecule has 4 heteroatoms. The molecule has 1 heterocycles. The number of hydrogen-bond donors (Lipinski definition) is 2. The van der Waals surface area contributed by atoms with Gasteiger partial charge in [0.2, 0.25) is 0 Å². The molecule has 0 radical (unpaired) electrons. The molecule has 1 saturated heterocycles. The molecule has 0 spiro atoms. The van der Waals surface area contributed by atoms with Gasteiger partial charge in [0.05, 0.1) is 6.61 Å². The van der Waals surface area contributed by atoms with Gasteiger partial charge in [0.25, 0.3) is 0 Å². The summed E-state index contributed by atoms with van der Waals surface area (Å²) in [5, 5.41) is 3.34. The zero-order valence-corrected chi connectivity index (χ0v) is 9.54. The lowest BCUT2D eigenvalue weighted by atomic mass is 10.2. The zero-order chi connectivity index (χ0) is 10.8. The van der Waals surface area contributed by atoms with Crippen LogP contribution in [0.5, 0.6) is 0 Å². The highest BCUT2D eigenvalue weighted by molar-refractivity contribution is 4.63. The summed E-state index contributed by atoms with van der Waals surface area (Å²) in [5.41, 5.74) is 5.38. The summed E-state index contributed by atoms with van der Waals surface area (Å²) in [6.45, 7) is 4.46. The van der Waals surface area contributed by atoms with E-state index < -0.39 is 0 Å². The predicted molar refractivity (Wildman–Crippen MR) is 60.7 cm³/mol. The third kappa shape index (κ3) is 6.84. The van der Waals surface area contributed by atoms with Crippen LogP contribution in [0, 0.1) is 0 Å². The van der Waals surface area contributed by atoms with Crippen LogP contribution in [0.2, 0.25) is 0 Å². The van der Waals surface area contributed by atoms with E-state index in [2.05, 4.69) is 5.32 Å². The Morgan fingerprint density at radius 3 is 2.53 bits per heavy atom. The van der Waals surface area contributed by atoms with Crippen LogP contribution in [-0.4, -0.2) is 39.1 Å². The number of rotatable bonds is 10. The van der Waals surface area contributed by atoms with Gasteiger partial charge in [-0.1, -0.05) is 0 Å². The van der Waals surface area contributed by atoms with Crippen molar-refractivity contribution in [3.63, 3.8) is 0 Å². The molecule has 0 aromatic rings. The van der Waals surface area contributed by atoms with Gasteiger partial charge in [-0.15, -0.1) is 0 Å². The first-order valence-electron chi connectivity index (χ1n) is 6.06. The van der Waals surface area contributed by atoms with E-state index in [1.54, 1.807) is 0 Å². The maximum Gasteiger partial charge on any atom is 0.110 e. The van der Waals surface area contributed by atoms with Crippen LogP contribution in [0.3, 0.4) is 0 Å². The minimum Gasteiger partial charge on any atom is -0.381 e. The van der Waals surface area contributed by atoms with Crippen molar-refractivity contribution in [2.24, 2.45) is 5.73 Å². The molecule has 90 valence electrons. The topological polar surface area (TPSA) is 56.5 Å². The average molecular weight is 216 g/mol. The molecule has 0 aliphatic carbocycles. The Kier molecular flexibility index (Phi) is 7.83. The second kappa shape index (κ2) is 9.09. The molecule has 1 fully saturated rings. The van der Waals surface area contributed by atoms with Gasteiger partial charge in [-0.05, 0) is 38.8 Å². The van der Waals surface area contributed by atoms with Crippen LogP contribution in [-0.2, 0) is 9.47 Å². The smallest absolute Gasteiger partial charge is 0.110 e. The Balaban J connectivity index is 1.66. The lowest BCUT2D eigenvalue weighted by Gasteiger charge is -2.27. The quantitative estimate of drug-likeness (QED) is 0.532. The van der Waals surface area contributed by atoms with Crippen LogP contribution in [0.25, 0.3) is 0 Å². The van der Waals surface area contributed by atoms with Crippen molar-refractivity contribution in [3.8, 4) is 0 Å². The molecular formula is C11H24N2O2. The molecule has 0 saturated carbocycles. The number of nitrogens with two attached hydrogens (primary N) is 1. The average Bonchev–Trinajstić information content (AvgIpc) is 2.18. The highest BCUT2D eigenvalue weighted by Gasteiger charge is 2.15. The zero-order valence-electron chi connectivity index (χ0n) is 9.54. The monoisotopic (exact) mass is 216 g/mol. The second-order valence-corrected chi connectivity index (χ2v) is 3.92. The van der Waals surface area contributed by atoms with Crippen LogP contribution >= 0.6 is 0 Å². The first kappa shape index (κ1) is 12.9. The molecule has 0 aromatic heterocycles. The van der Waals surface area contributed by atoms with Gasteiger partial charge in [-0.3, -0.25) is 5.32 Å². The van der Waals surface area contributed by atoms with Gasteiger partial charge < -0.3 is 15.2 Å². The Hall–Kier alpha value is -0.160. The highest BCUT2D eigenvalue weighted by Crippen LogP contribution is 2.06. The molecule has 0 bridgehead atoms. The van der Waals surface area contributed by atoms with E-state index in [0.29, 0.717) is 6.23 Å². The SMILES string of the molecule is NCCCCOCCCCNC1CCO1. The van der Waals surface area contributed by atoms with Crippen molar-refractivity contribution in [1.82, 2.24) is 5.32 Å². The van der Waals surface area contributed by atoms with E-state index in [1.165, 1.54) is 0 Å². The summed E-state index contributed by atoms with van der Waals surface area (Å²) in [5.74, 6) is 0. The molecule has 1 unspecified atom stereocenters.